The third-order valence-corrected chi connectivity index (χ3v) is 3.34. The van der Waals surface area contributed by atoms with E-state index in [-0.39, 0.29) is 18.3 Å². The molecule has 0 radical (unpaired) electrons. The number of benzene rings is 1. The normalized spacial score (nSPS) is 24.0. The van der Waals surface area contributed by atoms with Gasteiger partial charge in [-0.25, -0.2) is 4.39 Å². The average Bonchev–Trinajstić information content (AvgIpc) is 2.51. The number of aliphatic carboxylic acids is 1. The van der Waals surface area contributed by atoms with Gasteiger partial charge in [-0.3, -0.25) is 4.79 Å². The number of rotatable bonds is 3. The first kappa shape index (κ1) is 13.8. The molecule has 5 heteroatoms. The van der Waals surface area contributed by atoms with Crippen molar-refractivity contribution in [2.75, 3.05) is 24.5 Å². The number of nitrogens with zero attached hydrogens (tertiary/aromatic N) is 1. The van der Waals surface area contributed by atoms with Gasteiger partial charge in [0, 0.05) is 19.1 Å². The largest absolute Gasteiger partial charge is 0.481 e. The number of hydrogen-bond donors (Lipinski definition) is 2. The third kappa shape index (κ3) is 3.67. The first-order valence-corrected chi connectivity index (χ1v) is 6.51. The van der Waals surface area contributed by atoms with Gasteiger partial charge in [0.15, 0.2) is 0 Å². The van der Waals surface area contributed by atoms with Crippen molar-refractivity contribution in [2.45, 2.75) is 19.4 Å². The molecule has 2 unspecified atom stereocenters. The van der Waals surface area contributed by atoms with Crippen LogP contribution in [-0.2, 0) is 4.79 Å². The number of hydrogen-bond acceptors (Lipinski definition) is 3. The molecule has 0 saturated carbocycles. The van der Waals surface area contributed by atoms with Crippen molar-refractivity contribution in [1.29, 1.82) is 0 Å². The van der Waals surface area contributed by atoms with Crippen molar-refractivity contribution in [1.82, 2.24) is 5.32 Å². The summed E-state index contributed by atoms with van der Waals surface area (Å²) in [4.78, 5) is 12.8. The minimum Gasteiger partial charge on any atom is -0.481 e. The zero-order valence-corrected chi connectivity index (χ0v) is 11.0. The predicted molar refractivity (Wildman–Crippen MR) is 71.8 cm³/mol. The van der Waals surface area contributed by atoms with E-state index in [1.165, 1.54) is 6.07 Å². The van der Waals surface area contributed by atoms with Gasteiger partial charge in [-0.05, 0) is 24.6 Å². The minimum absolute atomic E-state index is 0.0532. The van der Waals surface area contributed by atoms with Crippen molar-refractivity contribution < 1.29 is 14.3 Å². The van der Waals surface area contributed by atoms with Crippen LogP contribution in [0, 0.1) is 11.7 Å². The van der Waals surface area contributed by atoms with Crippen LogP contribution >= 0.6 is 0 Å². The first-order chi connectivity index (χ1) is 9.06. The molecule has 2 atom stereocenters. The second-order valence-electron chi connectivity index (χ2n) is 5.16. The molecule has 1 aliphatic heterocycles. The van der Waals surface area contributed by atoms with Crippen molar-refractivity contribution in [3.05, 3.63) is 30.1 Å². The van der Waals surface area contributed by atoms with Crippen LogP contribution < -0.4 is 10.2 Å². The van der Waals surface area contributed by atoms with E-state index in [0.717, 1.165) is 13.1 Å². The van der Waals surface area contributed by atoms with E-state index in [0.29, 0.717) is 18.2 Å². The summed E-state index contributed by atoms with van der Waals surface area (Å²) in [6, 6.07) is 6.48. The number of para-hydroxylation sites is 1. The predicted octanol–water partition coefficient (Wildman–Crippen LogP) is 1.71. The molecule has 104 valence electrons. The molecule has 0 amide bonds. The van der Waals surface area contributed by atoms with Crippen molar-refractivity contribution >= 4 is 11.7 Å². The van der Waals surface area contributed by atoms with Crippen LogP contribution in [0.4, 0.5) is 10.1 Å². The van der Waals surface area contributed by atoms with E-state index in [1.54, 1.807) is 18.2 Å². The van der Waals surface area contributed by atoms with Gasteiger partial charge in [0.25, 0.3) is 0 Å². The summed E-state index contributed by atoms with van der Waals surface area (Å²) in [7, 11) is 0. The second kappa shape index (κ2) is 6.02. The zero-order chi connectivity index (χ0) is 13.8. The quantitative estimate of drug-likeness (QED) is 0.874. The molecule has 1 fully saturated rings. The van der Waals surface area contributed by atoms with E-state index in [1.807, 2.05) is 4.90 Å². The molecule has 0 bridgehead atoms. The average molecular weight is 266 g/mol. The van der Waals surface area contributed by atoms with Gasteiger partial charge in [-0.15, -0.1) is 0 Å². The molecule has 19 heavy (non-hydrogen) atoms. The van der Waals surface area contributed by atoms with Crippen LogP contribution in [-0.4, -0.2) is 36.8 Å². The van der Waals surface area contributed by atoms with Crippen molar-refractivity contribution in [3.63, 3.8) is 0 Å². The fourth-order valence-electron chi connectivity index (χ4n) is 2.47. The third-order valence-electron chi connectivity index (χ3n) is 3.34. The van der Waals surface area contributed by atoms with E-state index in [4.69, 9.17) is 5.11 Å². The molecular formula is C14H19FN2O2. The molecule has 0 aliphatic carbocycles. The van der Waals surface area contributed by atoms with E-state index in [2.05, 4.69) is 12.2 Å². The Morgan fingerprint density at radius 2 is 2.21 bits per heavy atom. The highest BCUT2D eigenvalue weighted by Crippen LogP contribution is 2.22. The molecule has 1 aromatic carbocycles. The Balaban J connectivity index is 2.17. The maximum absolute atomic E-state index is 13.8. The number of carbonyl (C=O) groups is 1. The molecule has 2 N–H and O–H groups in total. The topological polar surface area (TPSA) is 52.6 Å². The van der Waals surface area contributed by atoms with Gasteiger partial charge in [-0.1, -0.05) is 19.1 Å². The van der Waals surface area contributed by atoms with Gasteiger partial charge < -0.3 is 15.3 Å². The number of carboxylic acids is 1. The number of nitrogens with one attached hydrogen (secondary N) is 1. The van der Waals surface area contributed by atoms with Crippen LogP contribution in [0.5, 0.6) is 0 Å². The van der Waals surface area contributed by atoms with Crippen LogP contribution in [0.3, 0.4) is 0 Å². The summed E-state index contributed by atoms with van der Waals surface area (Å²) < 4.78 is 13.8. The van der Waals surface area contributed by atoms with Crippen LogP contribution in [0.1, 0.15) is 13.3 Å². The number of halogens is 1. The lowest BCUT2D eigenvalue weighted by atomic mass is 10.1. The van der Waals surface area contributed by atoms with Gasteiger partial charge in [0.2, 0.25) is 0 Å². The van der Waals surface area contributed by atoms with Crippen molar-refractivity contribution in [2.24, 2.45) is 5.92 Å². The van der Waals surface area contributed by atoms with Gasteiger partial charge in [-0.2, -0.15) is 0 Å². The maximum Gasteiger partial charge on any atom is 0.304 e. The van der Waals surface area contributed by atoms with Crippen molar-refractivity contribution in [3.8, 4) is 0 Å². The molecule has 1 aromatic rings. The smallest absolute Gasteiger partial charge is 0.304 e. The summed E-state index contributed by atoms with van der Waals surface area (Å²) in [6.07, 6.45) is 0.0532. The van der Waals surface area contributed by atoms with Gasteiger partial charge >= 0.3 is 5.97 Å². The van der Waals surface area contributed by atoms with E-state index in [9.17, 15) is 9.18 Å². The zero-order valence-electron chi connectivity index (χ0n) is 11.0. The summed E-state index contributed by atoms with van der Waals surface area (Å²) in [5.41, 5.74) is 0.549. The lowest BCUT2D eigenvalue weighted by Gasteiger charge is -2.27. The Bertz CT molecular complexity index is 453. The molecule has 0 spiro atoms. The Labute approximate surface area is 112 Å². The fourth-order valence-corrected chi connectivity index (χ4v) is 2.47. The number of anilines is 1. The first-order valence-electron chi connectivity index (χ1n) is 6.51. The minimum atomic E-state index is -0.833. The summed E-state index contributed by atoms with van der Waals surface area (Å²) in [5.74, 6) is -0.746. The Kier molecular flexibility index (Phi) is 4.37. The lowest BCUT2D eigenvalue weighted by Crippen LogP contribution is -2.39. The Morgan fingerprint density at radius 1 is 1.47 bits per heavy atom. The standard InChI is InChI=1S/C14H19FN2O2/c1-10-7-16-11(6-14(18)19)9-17(8-10)13-5-3-2-4-12(13)15/h2-5,10-11,16H,6-9H2,1H3,(H,18,19). The molecule has 1 heterocycles. The summed E-state index contributed by atoms with van der Waals surface area (Å²) in [5, 5.41) is 12.1. The van der Waals surface area contributed by atoms with Crippen LogP contribution in [0.2, 0.25) is 0 Å². The fraction of sp³-hybridized carbons (Fsp3) is 0.500. The van der Waals surface area contributed by atoms with Gasteiger partial charge in [0.1, 0.15) is 5.82 Å². The highest BCUT2D eigenvalue weighted by molar-refractivity contribution is 5.67. The number of carboxylic acid groups (broad SMARTS) is 1. The van der Waals surface area contributed by atoms with Gasteiger partial charge in [0.05, 0.1) is 12.1 Å². The maximum atomic E-state index is 13.8. The summed E-state index contributed by atoms with van der Waals surface area (Å²) in [6.45, 7) is 4.06. The SMILES string of the molecule is CC1CNC(CC(=O)O)CN(c2ccccc2F)C1. The van der Waals surface area contributed by atoms with Crippen LogP contribution in [0.15, 0.2) is 24.3 Å². The van der Waals surface area contributed by atoms with E-state index < -0.39 is 5.97 Å². The molecule has 4 nitrogen and oxygen atoms in total. The summed E-state index contributed by atoms with van der Waals surface area (Å²) >= 11 is 0. The highest BCUT2D eigenvalue weighted by Gasteiger charge is 2.24. The monoisotopic (exact) mass is 266 g/mol. The molecule has 0 aromatic heterocycles. The highest BCUT2D eigenvalue weighted by atomic mass is 19.1. The molecule has 2 rings (SSSR count). The Hall–Kier alpha value is -1.62. The Morgan fingerprint density at radius 3 is 2.89 bits per heavy atom. The molecule has 1 aliphatic rings. The lowest BCUT2D eigenvalue weighted by molar-refractivity contribution is -0.137. The molecule has 1 saturated heterocycles. The van der Waals surface area contributed by atoms with E-state index >= 15 is 0 Å². The molecular weight excluding hydrogens is 247 g/mol. The van der Waals surface area contributed by atoms with Crippen LogP contribution in [0.25, 0.3) is 0 Å². The second-order valence-corrected chi connectivity index (χ2v) is 5.16.